The molecule has 0 saturated carbocycles. The second kappa shape index (κ2) is 10.9. The summed E-state index contributed by atoms with van der Waals surface area (Å²) in [6.07, 6.45) is -0.391. The fraction of sp³-hybridized carbons (Fsp3) is 0.346. The molecule has 0 aliphatic carbocycles. The van der Waals surface area contributed by atoms with Gasteiger partial charge >= 0.3 is 0 Å². The van der Waals surface area contributed by atoms with E-state index in [0.717, 1.165) is 11.1 Å². The van der Waals surface area contributed by atoms with Crippen molar-refractivity contribution in [2.24, 2.45) is 0 Å². The van der Waals surface area contributed by atoms with E-state index in [1.54, 1.807) is 32.8 Å². The zero-order valence-corrected chi connectivity index (χ0v) is 20.9. The van der Waals surface area contributed by atoms with Crippen LogP contribution in [0, 0.1) is 0 Å². The van der Waals surface area contributed by atoms with E-state index in [0.29, 0.717) is 37.3 Å². The molecule has 0 N–H and O–H groups in total. The molecule has 1 aliphatic rings. The molecular formula is C26H29N3O5S. The molecular weight excluding hydrogens is 466 g/mol. The minimum atomic E-state index is -0.735. The van der Waals surface area contributed by atoms with Gasteiger partial charge in [0.1, 0.15) is 11.3 Å². The molecule has 1 unspecified atom stereocenters. The largest absolute Gasteiger partial charge is 0.496 e. The van der Waals surface area contributed by atoms with E-state index in [9.17, 15) is 14.4 Å². The average molecular weight is 496 g/mol. The van der Waals surface area contributed by atoms with Gasteiger partial charge in [-0.2, -0.15) is 11.3 Å². The smallest absolute Gasteiger partial charge is 0.259 e. The minimum Gasteiger partial charge on any atom is -0.496 e. The van der Waals surface area contributed by atoms with Crippen molar-refractivity contribution in [2.75, 3.05) is 34.4 Å². The summed E-state index contributed by atoms with van der Waals surface area (Å²) in [5.74, 6) is -0.146. The van der Waals surface area contributed by atoms with Crippen LogP contribution in [0.25, 0.3) is 0 Å². The monoisotopic (exact) mass is 495 g/mol. The molecule has 2 amide bonds. The number of fused-ring (bicyclic) bond motifs is 1. The summed E-state index contributed by atoms with van der Waals surface area (Å²) < 4.78 is 12.6. The third-order valence-electron chi connectivity index (χ3n) is 6.25. The molecule has 3 heterocycles. The summed E-state index contributed by atoms with van der Waals surface area (Å²) in [6.45, 7) is 1.42. The van der Waals surface area contributed by atoms with Crippen LogP contribution < -0.4 is 10.3 Å². The Hall–Kier alpha value is -3.43. The summed E-state index contributed by atoms with van der Waals surface area (Å²) in [5, 5.41) is 3.97. The van der Waals surface area contributed by atoms with E-state index >= 15 is 0 Å². The first-order valence-electron chi connectivity index (χ1n) is 11.4. The number of methoxy groups -OCH3 is 2. The highest BCUT2D eigenvalue weighted by Crippen LogP contribution is 2.26. The topological polar surface area (TPSA) is 81.1 Å². The van der Waals surface area contributed by atoms with Gasteiger partial charge in [-0.1, -0.05) is 30.3 Å². The van der Waals surface area contributed by atoms with Crippen molar-refractivity contribution < 1.29 is 19.1 Å². The Morgan fingerprint density at radius 1 is 1.11 bits per heavy atom. The Balaban J connectivity index is 1.63. The molecule has 0 saturated heterocycles. The van der Waals surface area contributed by atoms with Gasteiger partial charge in [0, 0.05) is 58.5 Å². The van der Waals surface area contributed by atoms with Crippen molar-refractivity contribution >= 4 is 23.2 Å². The third-order valence-corrected chi connectivity index (χ3v) is 6.98. The number of nitrogens with zero attached hydrogens (tertiary/aromatic N) is 3. The predicted molar refractivity (Wildman–Crippen MR) is 134 cm³/mol. The van der Waals surface area contributed by atoms with Crippen LogP contribution in [0.1, 0.15) is 33.3 Å². The molecule has 1 aromatic carbocycles. The van der Waals surface area contributed by atoms with E-state index < -0.39 is 6.10 Å². The molecule has 0 fully saturated rings. The third kappa shape index (κ3) is 5.16. The molecule has 0 radical (unpaired) electrons. The number of pyridine rings is 1. The summed E-state index contributed by atoms with van der Waals surface area (Å²) in [5.41, 5.74) is 2.50. The lowest BCUT2D eigenvalue weighted by Gasteiger charge is -2.25. The first-order valence-corrected chi connectivity index (χ1v) is 12.3. The highest BCUT2D eigenvalue weighted by atomic mass is 32.1. The highest BCUT2D eigenvalue weighted by Gasteiger charge is 2.31. The lowest BCUT2D eigenvalue weighted by atomic mass is 10.1. The van der Waals surface area contributed by atoms with E-state index in [1.165, 1.54) is 20.3 Å². The lowest BCUT2D eigenvalue weighted by Crippen LogP contribution is -2.38. The van der Waals surface area contributed by atoms with Gasteiger partial charge < -0.3 is 23.8 Å². The summed E-state index contributed by atoms with van der Waals surface area (Å²) >= 11 is 1.57. The normalized spacial score (nSPS) is 14.1. The molecule has 0 spiro atoms. The molecule has 1 atom stereocenters. The van der Waals surface area contributed by atoms with Crippen molar-refractivity contribution in [3.63, 3.8) is 0 Å². The molecule has 3 aromatic rings. The standard InChI is InChI=1S/C26H29N3O5S/c1-27(16-18-10-14-35-17-18)25(31)23-20-9-11-28(12-13-29(20)22(30)15-21(23)33-2)26(32)24(34-3)19-7-5-4-6-8-19/h4-8,10,14-15,17,24H,9,11-13,16H2,1-3H3. The van der Waals surface area contributed by atoms with Gasteiger partial charge in [0.15, 0.2) is 6.10 Å². The van der Waals surface area contributed by atoms with Crippen molar-refractivity contribution in [3.05, 3.63) is 86.0 Å². The predicted octanol–water partition coefficient (Wildman–Crippen LogP) is 2.96. The maximum absolute atomic E-state index is 13.5. The quantitative estimate of drug-likeness (QED) is 0.504. The number of hydrogen-bond acceptors (Lipinski definition) is 6. The van der Waals surface area contributed by atoms with Crippen molar-refractivity contribution in [1.29, 1.82) is 0 Å². The van der Waals surface area contributed by atoms with E-state index in [1.807, 2.05) is 47.2 Å². The van der Waals surface area contributed by atoms with Crippen LogP contribution in [0.2, 0.25) is 0 Å². The number of carbonyl (C=O) groups excluding carboxylic acids is 2. The number of aromatic nitrogens is 1. The second-order valence-electron chi connectivity index (χ2n) is 8.42. The maximum Gasteiger partial charge on any atom is 0.259 e. The molecule has 1 aliphatic heterocycles. The maximum atomic E-state index is 13.5. The van der Waals surface area contributed by atoms with Crippen molar-refractivity contribution in [2.45, 2.75) is 25.6 Å². The van der Waals surface area contributed by atoms with Crippen LogP contribution in [0.4, 0.5) is 0 Å². The van der Waals surface area contributed by atoms with Crippen LogP contribution in [0.5, 0.6) is 5.75 Å². The van der Waals surface area contributed by atoms with Crippen LogP contribution in [0.3, 0.4) is 0 Å². The summed E-state index contributed by atoms with van der Waals surface area (Å²) in [7, 11) is 4.70. The van der Waals surface area contributed by atoms with Crippen LogP contribution in [0.15, 0.2) is 58.0 Å². The Morgan fingerprint density at radius 2 is 1.89 bits per heavy atom. The number of ether oxygens (including phenoxy) is 2. The molecule has 184 valence electrons. The van der Waals surface area contributed by atoms with Crippen LogP contribution >= 0.6 is 11.3 Å². The van der Waals surface area contributed by atoms with Crippen LogP contribution in [-0.2, 0) is 29.0 Å². The van der Waals surface area contributed by atoms with Gasteiger partial charge in [-0.15, -0.1) is 0 Å². The van der Waals surface area contributed by atoms with Gasteiger partial charge in [-0.25, -0.2) is 0 Å². The van der Waals surface area contributed by atoms with Crippen molar-refractivity contribution in [1.82, 2.24) is 14.4 Å². The number of benzene rings is 1. The number of hydrogen-bond donors (Lipinski definition) is 0. The SMILES string of the molecule is COc1cc(=O)n2c(c1C(=O)N(C)Cc1ccsc1)CCN(C(=O)C(OC)c1ccccc1)CC2. The molecule has 4 rings (SSSR count). The van der Waals surface area contributed by atoms with Gasteiger partial charge in [-0.3, -0.25) is 14.4 Å². The fourth-order valence-electron chi connectivity index (χ4n) is 4.45. The molecule has 9 heteroatoms. The fourth-order valence-corrected chi connectivity index (χ4v) is 5.11. The Bertz CT molecular complexity index is 1240. The van der Waals surface area contributed by atoms with E-state index in [2.05, 4.69) is 0 Å². The lowest BCUT2D eigenvalue weighted by molar-refractivity contribution is -0.142. The molecule has 35 heavy (non-hydrogen) atoms. The molecule has 2 aromatic heterocycles. The van der Waals surface area contributed by atoms with Gasteiger partial charge in [-0.05, 0) is 28.0 Å². The summed E-state index contributed by atoms with van der Waals surface area (Å²) in [4.78, 5) is 43.1. The second-order valence-corrected chi connectivity index (χ2v) is 9.20. The van der Waals surface area contributed by atoms with Crippen molar-refractivity contribution in [3.8, 4) is 5.75 Å². The average Bonchev–Trinajstić information content (AvgIpc) is 3.27. The van der Waals surface area contributed by atoms with E-state index in [-0.39, 0.29) is 29.7 Å². The number of rotatable bonds is 7. The summed E-state index contributed by atoms with van der Waals surface area (Å²) in [6, 6.07) is 12.7. The van der Waals surface area contributed by atoms with E-state index in [4.69, 9.17) is 9.47 Å². The van der Waals surface area contributed by atoms with Gasteiger partial charge in [0.05, 0.1) is 7.11 Å². The Labute approximate surface area is 208 Å². The zero-order valence-electron chi connectivity index (χ0n) is 20.1. The number of amides is 2. The van der Waals surface area contributed by atoms with Gasteiger partial charge in [0.25, 0.3) is 17.4 Å². The van der Waals surface area contributed by atoms with Gasteiger partial charge in [0.2, 0.25) is 0 Å². The first kappa shape index (κ1) is 24.7. The first-order chi connectivity index (χ1) is 16.9. The Kier molecular flexibility index (Phi) is 7.67. The van der Waals surface area contributed by atoms with Crippen LogP contribution in [-0.4, -0.2) is 60.5 Å². The minimum absolute atomic E-state index is 0.172. The highest BCUT2D eigenvalue weighted by molar-refractivity contribution is 7.07. The number of thiophene rings is 1. The molecule has 8 nitrogen and oxygen atoms in total. The molecule has 0 bridgehead atoms. The zero-order chi connectivity index (χ0) is 24.9. The number of carbonyl (C=O) groups is 2. The Morgan fingerprint density at radius 3 is 2.54 bits per heavy atom.